The molecule has 4 N–H and O–H groups in total. The van der Waals surface area contributed by atoms with Gasteiger partial charge in [-0.05, 0) is 50.3 Å². The van der Waals surface area contributed by atoms with E-state index in [0.29, 0.717) is 17.7 Å². The van der Waals surface area contributed by atoms with Crippen molar-refractivity contribution in [3.63, 3.8) is 0 Å². The summed E-state index contributed by atoms with van der Waals surface area (Å²) in [6, 6.07) is 7.30. The van der Waals surface area contributed by atoms with Crippen LogP contribution in [0.25, 0.3) is 0 Å². The first-order valence-electron chi connectivity index (χ1n) is 8.05. The molecule has 1 aromatic carbocycles. The minimum Gasteiger partial charge on any atom is -0.352 e. The Kier molecular flexibility index (Phi) is 8.06. The molecule has 1 aromatic rings. The Labute approximate surface area is 143 Å². The van der Waals surface area contributed by atoms with Crippen LogP contribution in [0.4, 0.5) is 0 Å². The number of carbonyl (C=O) groups excluding carboxylic acids is 2. The highest BCUT2D eigenvalue weighted by Gasteiger charge is 2.20. The van der Waals surface area contributed by atoms with Crippen molar-refractivity contribution in [2.45, 2.75) is 51.1 Å². The molecule has 1 saturated carbocycles. The number of halogens is 1. The number of hydrogen-bond acceptors (Lipinski definition) is 3. The molecule has 0 bridgehead atoms. The molecular weight excluding hydrogens is 314 g/mol. The van der Waals surface area contributed by atoms with Gasteiger partial charge in [-0.3, -0.25) is 9.59 Å². The second kappa shape index (κ2) is 9.53. The lowest BCUT2D eigenvalue weighted by molar-refractivity contribution is 0.0926. The van der Waals surface area contributed by atoms with Gasteiger partial charge >= 0.3 is 0 Å². The van der Waals surface area contributed by atoms with E-state index in [2.05, 4.69) is 10.6 Å². The summed E-state index contributed by atoms with van der Waals surface area (Å²) in [6.45, 7) is 2.64. The van der Waals surface area contributed by atoms with Crippen molar-refractivity contribution in [3.8, 4) is 0 Å². The molecule has 0 spiro atoms. The average molecular weight is 340 g/mol. The van der Waals surface area contributed by atoms with Crippen LogP contribution in [0.1, 0.15) is 59.7 Å². The predicted molar refractivity (Wildman–Crippen MR) is 94.0 cm³/mol. The number of amides is 2. The van der Waals surface area contributed by atoms with Gasteiger partial charge in [-0.2, -0.15) is 0 Å². The molecule has 0 aromatic heterocycles. The zero-order valence-corrected chi connectivity index (χ0v) is 14.3. The molecule has 0 radical (unpaired) electrons. The van der Waals surface area contributed by atoms with E-state index < -0.39 is 0 Å². The van der Waals surface area contributed by atoms with Crippen molar-refractivity contribution in [2.24, 2.45) is 5.73 Å². The maximum Gasteiger partial charge on any atom is 0.251 e. The summed E-state index contributed by atoms with van der Waals surface area (Å²) in [5.41, 5.74) is 6.92. The second-order valence-corrected chi connectivity index (χ2v) is 5.92. The normalized spacial score (nSPS) is 20.3. The topological polar surface area (TPSA) is 84.2 Å². The van der Waals surface area contributed by atoms with Gasteiger partial charge in [0.1, 0.15) is 0 Å². The van der Waals surface area contributed by atoms with E-state index in [1.807, 2.05) is 6.92 Å². The summed E-state index contributed by atoms with van der Waals surface area (Å²) in [5.74, 6) is -0.259. The van der Waals surface area contributed by atoms with Crippen molar-refractivity contribution < 1.29 is 9.59 Å². The maximum atomic E-state index is 12.3. The van der Waals surface area contributed by atoms with E-state index >= 15 is 0 Å². The fourth-order valence-electron chi connectivity index (χ4n) is 2.67. The molecule has 5 nitrogen and oxygen atoms in total. The van der Waals surface area contributed by atoms with Crippen molar-refractivity contribution >= 4 is 24.2 Å². The zero-order valence-electron chi connectivity index (χ0n) is 13.5. The minimum absolute atomic E-state index is 0. The van der Waals surface area contributed by atoms with E-state index in [4.69, 9.17) is 5.73 Å². The predicted octanol–water partition coefficient (Wildman–Crippen LogP) is 2.25. The fraction of sp³-hybridized carbons (Fsp3) is 0.529. The van der Waals surface area contributed by atoms with E-state index in [9.17, 15) is 9.59 Å². The highest BCUT2D eigenvalue weighted by Crippen LogP contribution is 2.17. The van der Waals surface area contributed by atoms with Gasteiger partial charge in [0.15, 0.2) is 0 Å². The number of carbonyl (C=O) groups is 2. The lowest BCUT2D eigenvalue weighted by atomic mass is 9.91. The van der Waals surface area contributed by atoms with Gasteiger partial charge in [-0.25, -0.2) is 0 Å². The van der Waals surface area contributed by atoms with Gasteiger partial charge in [-0.15, -0.1) is 12.4 Å². The van der Waals surface area contributed by atoms with Crippen LogP contribution in [0.15, 0.2) is 24.3 Å². The molecule has 23 heavy (non-hydrogen) atoms. The Hall–Kier alpha value is -1.59. The quantitative estimate of drug-likeness (QED) is 0.769. The third kappa shape index (κ3) is 5.84. The smallest absolute Gasteiger partial charge is 0.251 e. The van der Waals surface area contributed by atoms with Crippen molar-refractivity contribution in [2.75, 3.05) is 6.54 Å². The summed E-state index contributed by atoms with van der Waals surface area (Å²) >= 11 is 0. The summed E-state index contributed by atoms with van der Waals surface area (Å²) in [5, 5.41) is 5.86. The van der Waals surface area contributed by atoms with Gasteiger partial charge in [0, 0.05) is 29.8 Å². The summed E-state index contributed by atoms with van der Waals surface area (Å²) < 4.78 is 0. The third-order valence-corrected chi connectivity index (χ3v) is 4.03. The number of benzene rings is 1. The van der Waals surface area contributed by atoms with E-state index in [1.54, 1.807) is 24.3 Å². The Bertz CT molecular complexity index is 528. The molecule has 2 amide bonds. The Balaban J connectivity index is 0.00000264. The molecule has 6 heteroatoms. The number of nitrogens with one attached hydrogen (secondary N) is 2. The lowest BCUT2D eigenvalue weighted by Crippen LogP contribution is -2.40. The molecule has 2 rings (SSSR count). The van der Waals surface area contributed by atoms with Crippen LogP contribution in [-0.2, 0) is 0 Å². The first kappa shape index (κ1) is 19.5. The van der Waals surface area contributed by atoms with Crippen LogP contribution in [0.3, 0.4) is 0 Å². The molecule has 1 fully saturated rings. The van der Waals surface area contributed by atoms with E-state index in [0.717, 1.165) is 32.1 Å². The lowest BCUT2D eigenvalue weighted by Gasteiger charge is -2.26. The molecule has 1 aliphatic rings. The molecule has 0 aliphatic heterocycles. The fourth-order valence-corrected chi connectivity index (χ4v) is 2.67. The molecule has 128 valence electrons. The van der Waals surface area contributed by atoms with Crippen LogP contribution in [0.5, 0.6) is 0 Å². The summed E-state index contributed by atoms with van der Waals surface area (Å²) in [4.78, 5) is 24.3. The second-order valence-electron chi connectivity index (χ2n) is 5.92. The Morgan fingerprint density at radius 2 is 1.74 bits per heavy atom. The largest absolute Gasteiger partial charge is 0.352 e. The maximum absolute atomic E-state index is 12.3. The highest BCUT2D eigenvalue weighted by molar-refractivity contribution is 5.99. The first-order valence-corrected chi connectivity index (χ1v) is 8.05. The van der Waals surface area contributed by atoms with Gasteiger partial charge in [0.2, 0.25) is 0 Å². The monoisotopic (exact) mass is 339 g/mol. The molecular formula is C17H26ClN3O2. The number of rotatable bonds is 5. The average Bonchev–Trinajstić information content (AvgIpc) is 2.54. The SMILES string of the molecule is CCCNC(=O)c1cccc(C(=O)NC2CCC(N)CC2)c1.Cl. The van der Waals surface area contributed by atoms with E-state index in [1.165, 1.54) is 0 Å². The summed E-state index contributed by atoms with van der Waals surface area (Å²) in [7, 11) is 0. The highest BCUT2D eigenvalue weighted by atomic mass is 35.5. The van der Waals surface area contributed by atoms with Crippen molar-refractivity contribution in [1.82, 2.24) is 10.6 Å². The number of hydrogen-bond donors (Lipinski definition) is 3. The Morgan fingerprint density at radius 3 is 2.35 bits per heavy atom. The summed E-state index contributed by atoms with van der Waals surface area (Å²) in [6.07, 6.45) is 4.62. The number of nitrogens with two attached hydrogens (primary N) is 1. The van der Waals surface area contributed by atoms with Gasteiger partial charge in [0.05, 0.1) is 0 Å². The van der Waals surface area contributed by atoms with Crippen LogP contribution < -0.4 is 16.4 Å². The zero-order chi connectivity index (χ0) is 15.9. The van der Waals surface area contributed by atoms with Gasteiger partial charge in [0.25, 0.3) is 11.8 Å². The molecule has 1 aliphatic carbocycles. The third-order valence-electron chi connectivity index (χ3n) is 4.03. The van der Waals surface area contributed by atoms with Crippen LogP contribution in [0.2, 0.25) is 0 Å². The van der Waals surface area contributed by atoms with Crippen LogP contribution in [-0.4, -0.2) is 30.4 Å². The standard InChI is InChI=1S/C17H25N3O2.ClH/c1-2-10-19-16(21)12-4-3-5-13(11-12)17(22)20-15-8-6-14(18)7-9-15;/h3-5,11,14-15H,2,6-10,18H2,1H3,(H,19,21)(H,20,22);1H. The van der Waals surface area contributed by atoms with Crippen molar-refractivity contribution in [1.29, 1.82) is 0 Å². The minimum atomic E-state index is -0.139. The van der Waals surface area contributed by atoms with Gasteiger partial charge < -0.3 is 16.4 Å². The van der Waals surface area contributed by atoms with Crippen LogP contribution >= 0.6 is 12.4 Å². The molecule has 0 unspecified atom stereocenters. The molecule has 0 heterocycles. The Morgan fingerprint density at radius 1 is 1.13 bits per heavy atom. The molecule has 0 atom stereocenters. The van der Waals surface area contributed by atoms with Crippen molar-refractivity contribution in [3.05, 3.63) is 35.4 Å². The first-order chi connectivity index (χ1) is 10.6. The van der Waals surface area contributed by atoms with E-state index in [-0.39, 0.29) is 36.3 Å². The molecule has 0 saturated heterocycles. The van der Waals surface area contributed by atoms with Gasteiger partial charge in [-0.1, -0.05) is 13.0 Å². The van der Waals surface area contributed by atoms with Crippen LogP contribution in [0, 0.1) is 0 Å².